The Hall–Kier alpha value is -1.17. The van der Waals surface area contributed by atoms with E-state index in [1.807, 2.05) is 20.8 Å². The molecule has 2 heterocycles. The Morgan fingerprint density at radius 1 is 1.32 bits per heavy atom. The van der Waals surface area contributed by atoms with Crippen LogP contribution in [0.25, 0.3) is 0 Å². The fourth-order valence-electron chi connectivity index (χ4n) is 3.15. The maximum Gasteiger partial charge on any atom is 0.336 e. The van der Waals surface area contributed by atoms with Gasteiger partial charge in [0.15, 0.2) is 0 Å². The molecule has 0 amide bonds. The fourth-order valence-corrected chi connectivity index (χ4v) is 5.11. The lowest BCUT2D eigenvalue weighted by Gasteiger charge is -2.35. The molecule has 2 aliphatic heterocycles. The number of hydrogen-bond donors (Lipinski definition) is 1. The Morgan fingerprint density at radius 2 is 1.95 bits per heavy atom. The second kappa shape index (κ2) is 4.74. The Morgan fingerprint density at radius 3 is 2.47 bits per heavy atom. The van der Waals surface area contributed by atoms with Gasteiger partial charge in [-0.1, -0.05) is 6.92 Å². The average molecular weight is 285 g/mol. The zero-order valence-corrected chi connectivity index (χ0v) is 12.6. The van der Waals surface area contributed by atoms with Gasteiger partial charge in [0.1, 0.15) is 0 Å². The maximum absolute atomic E-state index is 12.0. The van der Waals surface area contributed by atoms with E-state index in [0.29, 0.717) is 5.57 Å². The summed E-state index contributed by atoms with van der Waals surface area (Å²) in [6, 6.07) is 0. The molecule has 4 unspecified atom stereocenters. The van der Waals surface area contributed by atoms with Crippen molar-refractivity contribution in [1.29, 1.82) is 0 Å². The van der Waals surface area contributed by atoms with Crippen molar-refractivity contribution in [3.63, 3.8) is 0 Å². The highest BCUT2D eigenvalue weighted by Crippen LogP contribution is 2.55. The van der Waals surface area contributed by atoms with Crippen molar-refractivity contribution < 1.29 is 19.1 Å². The summed E-state index contributed by atoms with van der Waals surface area (Å²) < 4.78 is 9.76. The minimum absolute atomic E-state index is 0.0153. The summed E-state index contributed by atoms with van der Waals surface area (Å²) in [6.07, 6.45) is 0. The van der Waals surface area contributed by atoms with Gasteiger partial charge in [0.25, 0.3) is 0 Å². The van der Waals surface area contributed by atoms with Crippen LogP contribution in [-0.2, 0) is 19.1 Å². The third-order valence-corrected chi connectivity index (χ3v) is 5.72. The van der Waals surface area contributed by atoms with Crippen LogP contribution < -0.4 is 5.32 Å². The summed E-state index contributed by atoms with van der Waals surface area (Å²) >= 11 is 1.60. The lowest BCUT2D eigenvalue weighted by atomic mass is 9.85. The van der Waals surface area contributed by atoms with Crippen molar-refractivity contribution in [3.8, 4) is 0 Å². The van der Waals surface area contributed by atoms with Crippen LogP contribution in [0.4, 0.5) is 0 Å². The first kappa shape index (κ1) is 14.2. The zero-order valence-electron chi connectivity index (χ0n) is 11.8. The molecule has 2 bridgehead atoms. The highest BCUT2D eigenvalue weighted by atomic mass is 32.2. The monoisotopic (exact) mass is 285 g/mol. The molecule has 5 nitrogen and oxygen atoms in total. The van der Waals surface area contributed by atoms with Crippen LogP contribution in [0.2, 0.25) is 0 Å². The van der Waals surface area contributed by atoms with Gasteiger partial charge in [-0.15, -0.1) is 11.8 Å². The van der Waals surface area contributed by atoms with Crippen molar-refractivity contribution in [2.75, 3.05) is 14.2 Å². The first-order valence-electron chi connectivity index (χ1n) is 6.18. The molecular weight excluding hydrogens is 266 g/mol. The first-order valence-corrected chi connectivity index (χ1v) is 7.06. The van der Waals surface area contributed by atoms with Gasteiger partial charge in [0, 0.05) is 10.9 Å². The highest BCUT2D eigenvalue weighted by molar-refractivity contribution is 8.01. The van der Waals surface area contributed by atoms with Gasteiger partial charge in [-0.05, 0) is 19.8 Å². The normalized spacial score (nSPS) is 36.8. The highest BCUT2D eigenvalue weighted by Gasteiger charge is 2.58. The molecule has 0 saturated carbocycles. The number of carbonyl (C=O) groups is 2. The molecule has 1 N–H and O–H groups in total. The SMILES string of the molecule is COC(=O)C1=C(C)NC2(C)SC1C(C)C2C(=O)OC. The van der Waals surface area contributed by atoms with Crippen LogP contribution in [0.5, 0.6) is 0 Å². The summed E-state index contributed by atoms with van der Waals surface area (Å²) in [7, 11) is 2.77. The zero-order chi connectivity index (χ0) is 14.4. The topological polar surface area (TPSA) is 64.6 Å². The van der Waals surface area contributed by atoms with Crippen molar-refractivity contribution >= 4 is 23.7 Å². The molecule has 1 fully saturated rings. The van der Waals surface area contributed by atoms with Gasteiger partial charge in [-0.25, -0.2) is 4.79 Å². The Balaban J connectivity index is 2.42. The smallest absolute Gasteiger partial charge is 0.336 e. The molecule has 0 spiro atoms. The molecule has 2 rings (SSSR count). The van der Waals surface area contributed by atoms with Gasteiger partial charge in [0.05, 0.1) is 30.6 Å². The van der Waals surface area contributed by atoms with Crippen LogP contribution >= 0.6 is 11.8 Å². The number of esters is 2. The third kappa shape index (κ3) is 2.02. The largest absolute Gasteiger partial charge is 0.469 e. The van der Waals surface area contributed by atoms with E-state index in [1.54, 1.807) is 11.8 Å². The quantitative estimate of drug-likeness (QED) is 0.771. The summed E-state index contributed by atoms with van der Waals surface area (Å²) in [4.78, 5) is 23.5. The summed E-state index contributed by atoms with van der Waals surface area (Å²) in [6.45, 7) is 5.81. The molecule has 0 radical (unpaired) electrons. The van der Waals surface area contributed by atoms with Crippen LogP contribution in [0.15, 0.2) is 11.3 Å². The third-order valence-electron chi connectivity index (χ3n) is 3.95. The predicted molar refractivity (Wildman–Crippen MR) is 72.3 cm³/mol. The van der Waals surface area contributed by atoms with E-state index in [4.69, 9.17) is 9.47 Å². The van der Waals surface area contributed by atoms with Crippen molar-refractivity contribution in [2.45, 2.75) is 30.9 Å². The molecule has 0 aliphatic carbocycles. The van der Waals surface area contributed by atoms with Crippen LogP contribution in [0.3, 0.4) is 0 Å². The number of hydrogen-bond acceptors (Lipinski definition) is 6. The minimum Gasteiger partial charge on any atom is -0.469 e. The maximum atomic E-state index is 12.0. The molecule has 0 aromatic heterocycles. The summed E-state index contributed by atoms with van der Waals surface area (Å²) in [5.74, 6) is -0.843. The Bertz CT molecular complexity index is 462. The van der Waals surface area contributed by atoms with Crippen molar-refractivity contribution in [2.24, 2.45) is 11.8 Å². The van der Waals surface area contributed by atoms with Crippen LogP contribution in [-0.4, -0.2) is 36.3 Å². The van der Waals surface area contributed by atoms with E-state index >= 15 is 0 Å². The average Bonchev–Trinajstić information content (AvgIpc) is 2.56. The van der Waals surface area contributed by atoms with Crippen LogP contribution in [0.1, 0.15) is 20.8 Å². The standard InChI is InChI=1S/C13H19NO4S/c1-6-9(12(16)18-5)13(3)14-7(2)8(10(6)19-13)11(15)17-4/h6,9-10,14H,1-5H3. The second-order valence-electron chi connectivity index (χ2n) is 5.16. The number of carbonyl (C=O) groups excluding carboxylic acids is 2. The number of thioether (sulfide) groups is 1. The van der Waals surface area contributed by atoms with E-state index in [-0.39, 0.29) is 29.0 Å². The number of allylic oxidation sites excluding steroid dienone is 1. The van der Waals surface area contributed by atoms with E-state index in [2.05, 4.69) is 5.32 Å². The van der Waals surface area contributed by atoms with Gasteiger partial charge in [-0.2, -0.15) is 0 Å². The molecule has 19 heavy (non-hydrogen) atoms. The van der Waals surface area contributed by atoms with E-state index in [9.17, 15) is 9.59 Å². The van der Waals surface area contributed by atoms with Gasteiger partial charge in [0.2, 0.25) is 0 Å². The molecule has 0 aromatic carbocycles. The van der Waals surface area contributed by atoms with E-state index in [0.717, 1.165) is 5.70 Å². The second-order valence-corrected chi connectivity index (χ2v) is 6.75. The fraction of sp³-hybridized carbons (Fsp3) is 0.692. The number of nitrogens with one attached hydrogen (secondary N) is 1. The predicted octanol–water partition coefficient (Wildman–Crippen LogP) is 1.29. The minimum atomic E-state index is -0.432. The molecular formula is C13H19NO4S. The molecule has 1 saturated heterocycles. The van der Waals surface area contributed by atoms with Gasteiger partial charge < -0.3 is 14.8 Å². The molecule has 4 atom stereocenters. The lowest BCUT2D eigenvalue weighted by molar-refractivity contribution is -0.148. The van der Waals surface area contributed by atoms with E-state index < -0.39 is 4.87 Å². The molecule has 106 valence electrons. The van der Waals surface area contributed by atoms with Crippen molar-refractivity contribution in [3.05, 3.63) is 11.3 Å². The molecule has 2 aliphatic rings. The Kier molecular flexibility index (Phi) is 3.55. The number of methoxy groups -OCH3 is 2. The van der Waals surface area contributed by atoms with Gasteiger partial charge >= 0.3 is 11.9 Å². The van der Waals surface area contributed by atoms with Crippen LogP contribution in [0, 0.1) is 11.8 Å². The van der Waals surface area contributed by atoms with Gasteiger partial charge in [-0.3, -0.25) is 4.79 Å². The number of rotatable bonds is 2. The number of fused-ring (bicyclic) bond motifs is 2. The number of ether oxygens (including phenoxy) is 2. The van der Waals surface area contributed by atoms with E-state index in [1.165, 1.54) is 14.2 Å². The molecule has 6 heteroatoms. The summed E-state index contributed by atoms with van der Waals surface area (Å²) in [5.41, 5.74) is 1.42. The molecule has 0 aromatic rings. The van der Waals surface area contributed by atoms with Crippen molar-refractivity contribution in [1.82, 2.24) is 5.32 Å². The Labute approximate surface area is 117 Å². The summed E-state index contributed by atoms with van der Waals surface area (Å²) in [5, 5.41) is 3.25. The first-order chi connectivity index (χ1) is 8.85. The lowest BCUT2D eigenvalue weighted by Crippen LogP contribution is -2.47.